The van der Waals surface area contributed by atoms with E-state index in [9.17, 15) is 5.11 Å². The molecule has 3 rings (SSSR count). The van der Waals surface area contributed by atoms with Crippen molar-refractivity contribution < 1.29 is 9.94 Å². The lowest BCUT2D eigenvalue weighted by atomic mass is 10.2. The molecule has 4 heteroatoms. The Labute approximate surface area is 110 Å². The molecule has 0 aliphatic carbocycles. The number of anilines is 1. The number of hydrogen-bond donors (Lipinski definition) is 2. The van der Waals surface area contributed by atoms with Gasteiger partial charge in [-0.05, 0) is 17.7 Å². The first-order valence-electron chi connectivity index (χ1n) is 6.01. The first-order valence-corrected chi connectivity index (χ1v) is 6.01. The van der Waals surface area contributed by atoms with Gasteiger partial charge in [-0.1, -0.05) is 30.3 Å². The van der Waals surface area contributed by atoms with E-state index in [-0.39, 0.29) is 5.75 Å². The lowest BCUT2D eigenvalue weighted by Gasteiger charge is -2.09. The lowest BCUT2D eigenvalue weighted by molar-refractivity contribution is 0.107. The molecule has 3 N–H and O–H groups in total. The summed E-state index contributed by atoms with van der Waals surface area (Å²) in [4.78, 5) is 5.70. The molecular formula is C15H14N2O2. The highest BCUT2D eigenvalue weighted by molar-refractivity contribution is 5.85. The molecule has 0 fully saturated rings. The first-order chi connectivity index (χ1) is 9.24. The van der Waals surface area contributed by atoms with Gasteiger partial charge in [0.25, 0.3) is 0 Å². The van der Waals surface area contributed by atoms with Crippen molar-refractivity contribution in [3.05, 3.63) is 60.3 Å². The SMILES string of the molecule is Nc1cc2ccn(OCc3ccccc3)c2cc1O. The number of nitrogens with two attached hydrogens (primary N) is 1. The summed E-state index contributed by atoms with van der Waals surface area (Å²) in [5.74, 6) is 0.0655. The second kappa shape index (κ2) is 4.57. The molecule has 0 aliphatic rings. The average Bonchev–Trinajstić information content (AvgIpc) is 2.80. The molecule has 4 nitrogen and oxygen atoms in total. The van der Waals surface area contributed by atoms with Crippen molar-refractivity contribution in [2.24, 2.45) is 0 Å². The van der Waals surface area contributed by atoms with E-state index in [1.165, 1.54) is 0 Å². The Morgan fingerprint density at radius 2 is 1.89 bits per heavy atom. The fourth-order valence-electron chi connectivity index (χ4n) is 2.00. The molecular weight excluding hydrogens is 240 g/mol. The van der Waals surface area contributed by atoms with Crippen LogP contribution in [0.3, 0.4) is 0 Å². The molecule has 2 aromatic carbocycles. The number of aromatic nitrogens is 1. The predicted octanol–water partition coefficient (Wildman–Crippen LogP) is 2.56. The van der Waals surface area contributed by atoms with Gasteiger partial charge >= 0.3 is 0 Å². The Balaban J connectivity index is 1.87. The number of nitrogen functional groups attached to an aromatic ring is 1. The molecule has 0 saturated heterocycles. The molecule has 1 aromatic heterocycles. The minimum Gasteiger partial charge on any atom is -0.506 e. The van der Waals surface area contributed by atoms with Gasteiger partial charge in [0.05, 0.1) is 11.2 Å². The van der Waals surface area contributed by atoms with Gasteiger partial charge in [0, 0.05) is 17.6 Å². The third-order valence-corrected chi connectivity index (χ3v) is 3.02. The number of hydrogen-bond acceptors (Lipinski definition) is 3. The molecule has 0 amide bonds. The van der Waals surface area contributed by atoms with Crippen LogP contribution < -0.4 is 10.6 Å². The van der Waals surface area contributed by atoms with Crippen molar-refractivity contribution in [1.29, 1.82) is 0 Å². The molecule has 0 spiro atoms. The van der Waals surface area contributed by atoms with Gasteiger partial charge in [-0.25, -0.2) is 0 Å². The van der Waals surface area contributed by atoms with Crippen molar-refractivity contribution in [3.63, 3.8) is 0 Å². The summed E-state index contributed by atoms with van der Waals surface area (Å²) in [6, 6.07) is 15.1. The van der Waals surface area contributed by atoms with Crippen LogP contribution in [0, 0.1) is 0 Å². The van der Waals surface area contributed by atoms with Crippen molar-refractivity contribution in [3.8, 4) is 5.75 Å². The van der Waals surface area contributed by atoms with E-state index in [2.05, 4.69) is 0 Å². The number of phenols is 1. The maximum absolute atomic E-state index is 9.65. The predicted molar refractivity (Wildman–Crippen MR) is 74.7 cm³/mol. The summed E-state index contributed by atoms with van der Waals surface area (Å²) in [5.41, 5.74) is 7.91. The van der Waals surface area contributed by atoms with E-state index < -0.39 is 0 Å². The normalized spacial score (nSPS) is 10.7. The van der Waals surface area contributed by atoms with E-state index >= 15 is 0 Å². The van der Waals surface area contributed by atoms with E-state index in [1.54, 1.807) is 16.9 Å². The molecule has 1 heterocycles. The number of nitrogens with zero attached hydrogens (tertiary/aromatic N) is 1. The van der Waals surface area contributed by atoms with Gasteiger partial charge in [-0.3, -0.25) is 0 Å². The van der Waals surface area contributed by atoms with Gasteiger partial charge in [-0.15, -0.1) is 0 Å². The monoisotopic (exact) mass is 254 g/mol. The van der Waals surface area contributed by atoms with E-state index in [4.69, 9.17) is 10.6 Å². The van der Waals surface area contributed by atoms with E-state index in [0.29, 0.717) is 12.3 Å². The largest absolute Gasteiger partial charge is 0.506 e. The summed E-state index contributed by atoms with van der Waals surface area (Å²) in [5, 5.41) is 10.6. The zero-order valence-corrected chi connectivity index (χ0v) is 10.3. The standard InChI is InChI=1S/C15H14N2O2/c16-13-8-12-6-7-17(14(12)9-15(13)18)19-10-11-4-2-1-3-5-11/h1-9,18H,10,16H2. The van der Waals surface area contributed by atoms with Crippen molar-refractivity contribution in [1.82, 2.24) is 4.73 Å². The van der Waals surface area contributed by atoms with Gasteiger partial charge in [-0.2, -0.15) is 4.73 Å². The summed E-state index contributed by atoms with van der Waals surface area (Å²) >= 11 is 0. The zero-order valence-electron chi connectivity index (χ0n) is 10.3. The van der Waals surface area contributed by atoms with Crippen LogP contribution in [0.1, 0.15) is 5.56 Å². The van der Waals surface area contributed by atoms with E-state index in [0.717, 1.165) is 16.5 Å². The Morgan fingerprint density at radius 3 is 2.68 bits per heavy atom. The fourth-order valence-corrected chi connectivity index (χ4v) is 2.00. The van der Waals surface area contributed by atoms with Crippen LogP contribution in [0.2, 0.25) is 0 Å². The Hall–Kier alpha value is -2.62. The van der Waals surface area contributed by atoms with Crippen LogP contribution in [0.15, 0.2) is 54.7 Å². The molecule has 0 unspecified atom stereocenters. The molecule has 19 heavy (non-hydrogen) atoms. The Morgan fingerprint density at radius 1 is 1.11 bits per heavy atom. The number of rotatable bonds is 3. The quantitative estimate of drug-likeness (QED) is 0.558. The molecule has 0 bridgehead atoms. The minimum absolute atomic E-state index is 0.0655. The topological polar surface area (TPSA) is 60.4 Å². The third kappa shape index (κ3) is 2.20. The highest BCUT2D eigenvalue weighted by Gasteiger charge is 2.06. The average molecular weight is 254 g/mol. The second-order valence-electron chi connectivity index (χ2n) is 4.37. The Bertz CT molecular complexity index is 705. The highest BCUT2D eigenvalue weighted by Crippen LogP contribution is 2.27. The van der Waals surface area contributed by atoms with Crippen LogP contribution in [-0.4, -0.2) is 9.84 Å². The fraction of sp³-hybridized carbons (Fsp3) is 0.0667. The Kier molecular flexibility index (Phi) is 2.76. The number of fused-ring (bicyclic) bond motifs is 1. The molecule has 3 aromatic rings. The minimum atomic E-state index is 0.0655. The van der Waals surface area contributed by atoms with Crippen LogP contribution in [0.4, 0.5) is 5.69 Å². The third-order valence-electron chi connectivity index (χ3n) is 3.02. The number of phenolic OH excluding ortho intramolecular Hbond substituents is 1. The zero-order chi connectivity index (χ0) is 13.2. The number of aromatic hydroxyl groups is 1. The van der Waals surface area contributed by atoms with Crippen LogP contribution >= 0.6 is 0 Å². The molecule has 0 aliphatic heterocycles. The summed E-state index contributed by atoms with van der Waals surface area (Å²) in [7, 11) is 0. The highest BCUT2D eigenvalue weighted by atomic mass is 16.7. The molecule has 0 saturated carbocycles. The summed E-state index contributed by atoms with van der Waals surface area (Å²) in [6.07, 6.45) is 1.81. The van der Waals surface area contributed by atoms with Crippen molar-refractivity contribution in [2.45, 2.75) is 6.61 Å². The van der Waals surface area contributed by atoms with Gasteiger partial charge in [0.2, 0.25) is 0 Å². The van der Waals surface area contributed by atoms with Gasteiger partial charge < -0.3 is 15.7 Å². The van der Waals surface area contributed by atoms with Crippen molar-refractivity contribution >= 4 is 16.6 Å². The lowest BCUT2D eigenvalue weighted by Crippen LogP contribution is -2.09. The van der Waals surface area contributed by atoms with Gasteiger partial charge in [0.1, 0.15) is 12.4 Å². The first kappa shape index (κ1) is 11.5. The second-order valence-corrected chi connectivity index (χ2v) is 4.37. The van der Waals surface area contributed by atoms with Crippen molar-refractivity contribution in [2.75, 3.05) is 5.73 Å². The molecule has 0 radical (unpaired) electrons. The number of benzene rings is 2. The molecule has 96 valence electrons. The van der Waals surface area contributed by atoms with Gasteiger partial charge in [0.15, 0.2) is 0 Å². The van der Waals surface area contributed by atoms with Crippen LogP contribution in [0.5, 0.6) is 5.75 Å². The maximum atomic E-state index is 9.65. The smallest absolute Gasteiger partial charge is 0.140 e. The van der Waals surface area contributed by atoms with Crippen LogP contribution in [-0.2, 0) is 6.61 Å². The summed E-state index contributed by atoms with van der Waals surface area (Å²) < 4.78 is 1.64. The maximum Gasteiger partial charge on any atom is 0.140 e. The van der Waals surface area contributed by atoms with E-state index in [1.807, 2.05) is 42.6 Å². The molecule has 0 atom stereocenters. The summed E-state index contributed by atoms with van der Waals surface area (Å²) in [6.45, 7) is 0.468. The van der Waals surface area contributed by atoms with Crippen LogP contribution in [0.25, 0.3) is 10.9 Å².